The van der Waals surface area contributed by atoms with E-state index in [9.17, 15) is 9.59 Å². The molecule has 5 rings (SSSR count). The van der Waals surface area contributed by atoms with Crippen molar-refractivity contribution in [2.24, 2.45) is 0 Å². The maximum absolute atomic E-state index is 13.4. The summed E-state index contributed by atoms with van der Waals surface area (Å²) in [7, 11) is 0. The molecule has 9 heteroatoms. The maximum atomic E-state index is 13.4. The summed E-state index contributed by atoms with van der Waals surface area (Å²) in [5, 5.41) is 3.85. The van der Waals surface area contributed by atoms with Crippen LogP contribution < -0.4 is 20.3 Å². The van der Waals surface area contributed by atoms with Crippen LogP contribution in [0.5, 0.6) is 11.5 Å². The van der Waals surface area contributed by atoms with Crippen LogP contribution in [-0.4, -0.2) is 33.9 Å². The van der Waals surface area contributed by atoms with Crippen molar-refractivity contribution in [3.05, 3.63) is 39.0 Å². The number of hydrogen-bond acceptors (Lipinski definition) is 7. The Labute approximate surface area is 194 Å². The first-order valence-electron chi connectivity index (χ1n) is 10.9. The second kappa shape index (κ2) is 8.44. The fourth-order valence-corrected chi connectivity index (χ4v) is 6.50. The molecule has 1 aliphatic carbocycles. The van der Waals surface area contributed by atoms with Crippen LogP contribution in [0.15, 0.2) is 28.2 Å². The summed E-state index contributed by atoms with van der Waals surface area (Å²) in [6.45, 7) is 6.79. The summed E-state index contributed by atoms with van der Waals surface area (Å²) in [5.74, 6) is 1.14. The molecule has 168 valence electrons. The van der Waals surface area contributed by atoms with Crippen LogP contribution in [0.1, 0.15) is 43.7 Å². The third-order valence-electron chi connectivity index (χ3n) is 5.72. The SMILES string of the molecule is CC(Sc1nc2sc3c(c2c(=O)n1C(C)C)CCC3)C(=O)Nc1ccc2c(c1)OCCO2. The minimum Gasteiger partial charge on any atom is -0.486 e. The molecule has 0 radical (unpaired) electrons. The Morgan fingerprint density at radius 1 is 1.19 bits per heavy atom. The van der Waals surface area contributed by atoms with Crippen LogP contribution in [0, 0.1) is 0 Å². The molecule has 1 N–H and O–H groups in total. The number of amides is 1. The molecule has 0 bridgehead atoms. The highest BCUT2D eigenvalue weighted by atomic mass is 32.2. The van der Waals surface area contributed by atoms with E-state index in [4.69, 9.17) is 14.5 Å². The molecule has 3 heterocycles. The van der Waals surface area contributed by atoms with Crippen molar-refractivity contribution in [3.63, 3.8) is 0 Å². The lowest BCUT2D eigenvalue weighted by atomic mass is 10.2. The number of nitrogens with zero attached hydrogens (tertiary/aromatic N) is 2. The molecule has 1 amide bonds. The van der Waals surface area contributed by atoms with Gasteiger partial charge in [-0.2, -0.15) is 0 Å². The summed E-state index contributed by atoms with van der Waals surface area (Å²) in [6, 6.07) is 5.31. The lowest BCUT2D eigenvalue weighted by molar-refractivity contribution is -0.115. The van der Waals surface area contributed by atoms with Gasteiger partial charge in [-0.25, -0.2) is 4.98 Å². The number of carbonyl (C=O) groups is 1. The van der Waals surface area contributed by atoms with Gasteiger partial charge in [-0.1, -0.05) is 11.8 Å². The molecule has 3 aromatic rings. The number of aryl methyl sites for hydroxylation is 2. The van der Waals surface area contributed by atoms with E-state index in [1.807, 2.05) is 20.8 Å². The zero-order valence-corrected chi connectivity index (χ0v) is 19.9. The molecule has 1 aromatic carbocycles. The van der Waals surface area contributed by atoms with Crippen molar-refractivity contribution < 1.29 is 14.3 Å². The smallest absolute Gasteiger partial charge is 0.263 e. The minimum absolute atomic E-state index is 0.00587. The van der Waals surface area contributed by atoms with Gasteiger partial charge < -0.3 is 14.8 Å². The van der Waals surface area contributed by atoms with Crippen molar-refractivity contribution in [3.8, 4) is 11.5 Å². The largest absolute Gasteiger partial charge is 0.486 e. The molecule has 0 saturated carbocycles. The van der Waals surface area contributed by atoms with Crippen molar-refractivity contribution in [2.45, 2.75) is 56.5 Å². The Morgan fingerprint density at radius 3 is 2.75 bits per heavy atom. The fourth-order valence-electron chi connectivity index (χ4n) is 4.15. The zero-order chi connectivity index (χ0) is 22.4. The zero-order valence-electron chi connectivity index (χ0n) is 18.3. The van der Waals surface area contributed by atoms with E-state index in [-0.39, 0.29) is 17.5 Å². The van der Waals surface area contributed by atoms with Gasteiger partial charge in [-0.05, 0) is 57.7 Å². The topological polar surface area (TPSA) is 82.5 Å². The van der Waals surface area contributed by atoms with Gasteiger partial charge in [0.25, 0.3) is 5.56 Å². The van der Waals surface area contributed by atoms with Gasteiger partial charge in [-0.3, -0.25) is 14.2 Å². The molecule has 1 unspecified atom stereocenters. The molecule has 0 spiro atoms. The second-order valence-corrected chi connectivity index (χ2v) is 10.7. The number of thioether (sulfide) groups is 1. The Kier molecular flexibility index (Phi) is 5.63. The molecule has 7 nitrogen and oxygen atoms in total. The molecule has 1 aliphatic heterocycles. The summed E-state index contributed by atoms with van der Waals surface area (Å²) in [4.78, 5) is 33.2. The predicted molar refractivity (Wildman–Crippen MR) is 128 cm³/mol. The van der Waals surface area contributed by atoms with Gasteiger partial charge in [0.05, 0.1) is 10.6 Å². The van der Waals surface area contributed by atoms with Crippen molar-refractivity contribution in [2.75, 3.05) is 18.5 Å². The summed E-state index contributed by atoms with van der Waals surface area (Å²) >= 11 is 2.94. The Hall–Kier alpha value is -2.52. The highest BCUT2D eigenvalue weighted by Crippen LogP contribution is 2.37. The molecule has 2 aliphatic rings. The number of fused-ring (bicyclic) bond motifs is 4. The number of rotatable bonds is 5. The fraction of sp³-hybridized carbons (Fsp3) is 0.435. The van der Waals surface area contributed by atoms with E-state index >= 15 is 0 Å². The number of hydrogen-bond donors (Lipinski definition) is 1. The molecule has 0 fully saturated rings. The molecule has 2 aromatic heterocycles. The molecular weight excluding hydrogens is 446 g/mol. The number of ether oxygens (including phenoxy) is 2. The van der Waals surface area contributed by atoms with Gasteiger partial charge in [0, 0.05) is 22.7 Å². The number of nitrogens with one attached hydrogen (secondary N) is 1. The van der Waals surface area contributed by atoms with Crippen molar-refractivity contribution in [1.29, 1.82) is 0 Å². The van der Waals surface area contributed by atoms with Crippen LogP contribution in [-0.2, 0) is 17.6 Å². The van der Waals surface area contributed by atoms with Crippen molar-refractivity contribution >= 4 is 44.9 Å². The second-order valence-electron chi connectivity index (χ2n) is 8.31. The lowest BCUT2D eigenvalue weighted by Gasteiger charge is -2.20. The number of benzene rings is 1. The molecular formula is C23H25N3O4S2. The third-order valence-corrected chi connectivity index (χ3v) is 7.97. The van der Waals surface area contributed by atoms with Gasteiger partial charge in [0.1, 0.15) is 18.0 Å². The predicted octanol–water partition coefficient (Wildman–Crippen LogP) is 4.42. The first-order valence-corrected chi connectivity index (χ1v) is 12.6. The van der Waals surface area contributed by atoms with Crippen LogP contribution in [0.3, 0.4) is 0 Å². The van der Waals surface area contributed by atoms with E-state index < -0.39 is 5.25 Å². The number of anilines is 1. The van der Waals surface area contributed by atoms with Gasteiger partial charge in [0.15, 0.2) is 16.7 Å². The highest BCUT2D eigenvalue weighted by Gasteiger charge is 2.26. The van der Waals surface area contributed by atoms with E-state index in [2.05, 4.69) is 5.32 Å². The lowest BCUT2D eigenvalue weighted by Crippen LogP contribution is -2.28. The molecule has 32 heavy (non-hydrogen) atoms. The van der Waals surface area contributed by atoms with Gasteiger partial charge in [-0.15, -0.1) is 11.3 Å². The number of thiophene rings is 1. The van der Waals surface area contributed by atoms with Crippen LogP contribution in [0.25, 0.3) is 10.2 Å². The molecule has 0 saturated heterocycles. The maximum Gasteiger partial charge on any atom is 0.263 e. The van der Waals surface area contributed by atoms with E-state index in [1.54, 1.807) is 34.1 Å². The average molecular weight is 472 g/mol. The third kappa shape index (κ3) is 3.77. The number of carbonyl (C=O) groups excluding carboxylic acids is 1. The Balaban J connectivity index is 1.40. The summed E-state index contributed by atoms with van der Waals surface area (Å²) in [6.07, 6.45) is 3.07. The summed E-state index contributed by atoms with van der Waals surface area (Å²) < 4.78 is 12.9. The minimum atomic E-state index is -0.440. The first-order chi connectivity index (χ1) is 15.4. The first kappa shape index (κ1) is 21.3. The monoisotopic (exact) mass is 471 g/mol. The van der Waals surface area contributed by atoms with E-state index in [0.29, 0.717) is 35.6 Å². The Bertz CT molecular complexity index is 1260. The quantitative estimate of drug-likeness (QED) is 0.438. The normalized spacial score (nSPS) is 15.8. The average Bonchev–Trinajstić information content (AvgIpc) is 3.34. The van der Waals surface area contributed by atoms with E-state index in [0.717, 1.165) is 29.5 Å². The van der Waals surface area contributed by atoms with Crippen LogP contribution in [0.2, 0.25) is 0 Å². The van der Waals surface area contributed by atoms with Crippen LogP contribution in [0.4, 0.5) is 5.69 Å². The highest BCUT2D eigenvalue weighted by molar-refractivity contribution is 8.00. The standard InChI is InChI=1S/C23H25N3O4S2/c1-12(2)26-22(28)19-15-5-4-6-18(15)32-21(19)25-23(26)31-13(3)20(27)24-14-7-8-16-17(11-14)30-10-9-29-16/h7-8,11-13H,4-6,9-10H2,1-3H3,(H,24,27). The molecule has 1 atom stereocenters. The Morgan fingerprint density at radius 2 is 1.97 bits per heavy atom. The van der Waals surface area contributed by atoms with Crippen molar-refractivity contribution in [1.82, 2.24) is 9.55 Å². The van der Waals surface area contributed by atoms with Gasteiger partial charge in [0.2, 0.25) is 5.91 Å². The summed E-state index contributed by atoms with van der Waals surface area (Å²) in [5.41, 5.74) is 1.83. The number of aromatic nitrogens is 2. The van der Waals surface area contributed by atoms with Crippen LogP contribution >= 0.6 is 23.1 Å². The van der Waals surface area contributed by atoms with E-state index in [1.165, 1.54) is 22.2 Å². The van der Waals surface area contributed by atoms with Gasteiger partial charge >= 0.3 is 0 Å².